The Morgan fingerprint density at radius 3 is 2.19 bits per heavy atom. The van der Waals surface area contributed by atoms with E-state index in [2.05, 4.69) is 10.3 Å². The van der Waals surface area contributed by atoms with Crippen molar-refractivity contribution in [1.29, 1.82) is 0 Å². The number of nitrogens with one attached hydrogen (secondary N) is 1. The van der Waals surface area contributed by atoms with Crippen LogP contribution in [0.5, 0.6) is 0 Å². The zero-order chi connectivity index (χ0) is 14.9. The molecule has 1 aromatic heterocycles. The minimum absolute atomic E-state index is 0.118. The van der Waals surface area contributed by atoms with Crippen molar-refractivity contribution in [3.05, 3.63) is 66.0 Å². The van der Waals surface area contributed by atoms with Gasteiger partial charge in [0, 0.05) is 6.20 Å². The van der Waals surface area contributed by atoms with Gasteiger partial charge in [0.15, 0.2) is 0 Å². The average Bonchev–Trinajstić information content (AvgIpc) is 3.27. The molecule has 3 rings (SSSR count). The Morgan fingerprint density at radius 1 is 1.00 bits per heavy atom. The van der Waals surface area contributed by atoms with E-state index >= 15 is 0 Å². The zero-order valence-electron chi connectivity index (χ0n) is 11.3. The SMILES string of the molecule is FC(F)(F)C1(NC(c2ccccc2)c2ccccn2)CC1. The lowest BCUT2D eigenvalue weighted by atomic mass is 10.0. The molecule has 1 aliphatic carbocycles. The number of nitrogens with zero attached hydrogens (tertiary/aromatic N) is 1. The smallest absolute Gasteiger partial charge is 0.292 e. The fourth-order valence-corrected chi connectivity index (χ4v) is 2.43. The van der Waals surface area contributed by atoms with E-state index < -0.39 is 17.8 Å². The van der Waals surface area contributed by atoms with E-state index in [0.29, 0.717) is 5.69 Å². The quantitative estimate of drug-likeness (QED) is 0.925. The van der Waals surface area contributed by atoms with Gasteiger partial charge in [-0.2, -0.15) is 13.2 Å². The summed E-state index contributed by atoms with van der Waals surface area (Å²) in [5.41, 5.74) is -0.392. The molecular weight excluding hydrogens is 277 g/mol. The van der Waals surface area contributed by atoms with Crippen LogP contribution in [0.15, 0.2) is 54.7 Å². The number of halogens is 3. The second-order valence-corrected chi connectivity index (χ2v) is 5.32. The van der Waals surface area contributed by atoms with E-state index in [1.54, 1.807) is 24.4 Å². The molecule has 1 unspecified atom stereocenters. The van der Waals surface area contributed by atoms with Crippen LogP contribution in [0.4, 0.5) is 13.2 Å². The van der Waals surface area contributed by atoms with Crippen LogP contribution >= 0.6 is 0 Å². The Morgan fingerprint density at radius 2 is 1.67 bits per heavy atom. The van der Waals surface area contributed by atoms with Crippen LogP contribution < -0.4 is 5.32 Å². The first-order valence-electron chi connectivity index (χ1n) is 6.82. The summed E-state index contributed by atoms with van der Waals surface area (Å²) in [6.07, 6.45) is -2.41. The fourth-order valence-electron chi connectivity index (χ4n) is 2.43. The Hall–Kier alpha value is -1.88. The second kappa shape index (κ2) is 5.15. The Bertz CT molecular complexity index is 552. The van der Waals surface area contributed by atoms with Gasteiger partial charge in [0.2, 0.25) is 0 Å². The number of rotatable bonds is 4. The van der Waals surface area contributed by atoms with Crippen molar-refractivity contribution in [3.63, 3.8) is 0 Å². The van der Waals surface area contributed by atoms with Crippen LogP contribution in [0.25, 0.3) is 0 Å². The maximum atomic E-state index is 13.2. The third-order valence-electron chi connectivity index (χ3n) is 3.83. The van der Waals surface area contributed by atoms with Crippen LogP contribution in [0, 0.1) is 0 Å². The van der Waals surface area contributed by atoms with Gasteiger partial charge in [-0.05, 0) is 30.5 Å². The molecule has 1 atom stereocenters. The minimum Gasteiger partial charge on any atom is -0.292 e. The molecule has 0 bridgehead atoms. The van der Waals surface area contributed by atoms with Gasteiger partial charge >= 0.3 is 6.18 Å². The minimum atomic E-state index is -4.24. The molecular formula is C16H15F3N2. The Kier molecular flexibility index (Phi) is 3.45. The molecule has 5 heteroatoms. The highest BCUT2D eigenvalue weighted by molar-refractivity contribution is 5.29. The molecule has 21 heavy (non-hydrogen) atoms. The van der Waals surface area contributed by atoms with Crippen molar-refractivity contribution in [2.75, 3.05) is 0 Å². The van der Waals surface area contributed by atoms with E-state index in [9.17, 15) is 13.2 Å². The average molecular weight is 292 g/mol. The summed E-state index contributed by atoms with van der Waals surface area (Å²) in [7, 11) is 0. The van der Waals surface area contributed by atoms with Gasteiger partial charge in [0.1, 0.15) is 5.54 Å². The summed E-state index contributed by atoms with van der Waals surface area (Å²) in [5, 5.41) is 2.79. The molecule has 1 aromatic carbocycles. The predicted octanol–water partition coefficient (Wildman–Crippen LogP) is 3.86. The summed E-state index contributed by atoms with van der Waals surface area (Å²) < 4.78 is 39.6. The number of benzene rings is 1. The lowest BCUT2D eigenvalue weighted by Crippen LogP contribution is -2.47. The van der Waals surface area contributed by atoms with Gasteiger partial charge in [-0.15, -0.1) is 0 Å². The van der Waals surface area contributed by atoms with Crippen LogP contribution in [-0.2, 0) is 0 Å². The number of pyridine rings is 1. The molecule has 0 radical (unpaired) electrons. The highest BCUT2D eigenvalue weighted by Crippen LogP contribution is 2.50. The number of hydrogen-bond donors (Lipinski definition) is 1. The lowest BCUT2D eigenvalue weighted by Gasteiger charge is -2.27. The van der Waals surface area contributed by atoms with Crippen LogP contribution in [0.2, 0.25) is 0 Å². The molecule has 1 heterocycles. The van der Waals surface area contributed by atoms with Gasteiger partial charge in [-0.25, -0.2) is 0 Å². The summed E-state index contributed by atoms with van der Waals surface area (Å²) in [6.45, 7) is 0. The van der Waals surface area contributed by atoms with Crippen molar-refractivity contribution in [1.82, 2.24) is 10.3 Å². The molecule has 1 N–H and O–H groups in total. The lowest BCUT2D eigenvalue weighted by molar-refractivity contribution is -0.167. The van der Waals surface area contributed by atoms with Crippen molar-refractivity contribution in [2.45, 2.75) is 30.6 Å². The molecule has 0 spiro atoms. The molecule has 0 amide bonds. The van der Waals surface area contributed by atoms with Gasteiger partial charge in [0.05, 0.1) is 11.7 Å². The number of hydrogen-bond acceptors (Lipinski definition) is 2. The van der Waals surface area contributed by atoms with Crippen molar-refractivity contribution in [3.8, 4) is 0 Å². The second-order valence-electron chi connectivity index (χ2n) is 5.32. The fraction of sp³-hybridized carbons (Fsp3) is 0.312. The first kappa shape index (κ1) is 14.1. The highest BCUT2D eigenvalue weighted by atomic mass is 19.4. The zero-order valence-corrected chi connectivity index (χ0v) is 11.3. The molecule has 1 aliphatic rings. The topological polar surface area (TPSA) is 24.9 Å². The van der Waals surface area contributed by atoms with Crippen LogP contribution in [0.1, 0.15) is 30.1 Å². The number of alkyl halides is 3. The standard InChI is InChI=1S/C16H15F3N2/c17-16(18,19)15(9-10-15)21-14(12-6-2-1-3-7-12)13-8-4-5-11-20-13/h1-8,11,14,21H,9-10H2. The van der Waals surface area contributed by atoms with Crippen LogP contribution in [0.3, 0.4) is 0 Å². The normalized spacial score (nSPS) is 18.2. The van der Waals surface area contributed by atoms with E-state index in [1.165, 1.54) is 0 Å². The first-order valence-corrected chi connectivity index (χ1v) is 6.82. The van der Waals surface area contributed by atoms with Crippen molar-refractivity contribution < 1.29 is 13.2 Å². The molecule has 2 nitrogen and oxygen atoms in total. The first-order chi connectivity index (χ1) is 10.0. The maximum absolute atomic E-state index is 13.2. The molecule has 0 saturated heterocycles. The van der Waals surface area contributed by atoms with E-state index in [-0.39, 0.29) is 12.8 Å². The highest BCUT2D eigenvalue weighted by Gasteiger charge is 2.64. The number of aromatic nitrogens is 1. The maximum Gasteiger partial charge on any atom is 0.406 e. The van der Waals surface area contributed by atoms with E-state index in [1.807, 2.05) is 30.3 Å². The summed E-state index contributed by atoms with van der Waals surface area (Å²) >= 11 is 0. The Labute approximate surface area is 121 Å². The van der Waals surface area contributed by atoms with Gasteiger partial charge < -0.3 is 0 Å². The molecule has 2 aromatic rings. The monoisotopic (exact) mass is 292 g/mol. The third kappa shape index (κ3) is 2.78. The summed E-state index contributed by atoms with van der Waals surface area (Å²) in [5.74, 6) is 0. The van der Waals surface area contributed by atoms with Gasteiger partial charge in [-0.3, -0.25) is 10.3 Å². The van der Waals surface area contributed by atoms with Crippen LogP contribution in [-0.4, -0.2) is 16.7 Å². The molecule has 110 valence electrons. The third-order valence-corrected chi connectivity index (χ3v) is 3.83. The van der Waals surface area contributed by atoms with E-state index in [4.69, 9.17) is 0 Å². The largest absolute Gasteiger partial charge is 0.406 e. The molecule has 1 saturated carbocycles. The van der Waals surface area contributed by atoms with Gasteiger partial charge in [-0.1, -0.05) is 36.4 Å². The molecule has 0 aliphatic heterocycles. The molecule has 1 fully saturated rings. The van der Waals surface area contributed by atoms with Crippen molar-refractivity contribution >= 4 is 0 Å². The van der Waals surface area contributed by atoms with Gasteiger partial charge in [0.25, 0.3) is 0 Å². The van der Waals surface area contributed by atoms with E-state index in [0.717, 1.165) is 5.56 Å². The predicted molar refractivity (Wildman–Crippen MR) is 73.7 cm³/mol. The Balaban J connectivity index is 1.95. The summed E-state index contributed by atoms with van der Waals surface area (Å²) in [6, 6.07) is 13.8. The summed E-state index contributed by atoms with van der Waals surface area (Å²) in [4.78, 5) is 4.22. The van der Waals surface area contributed by atoms with Crippen molar-refractivity contribution in [2.24, 2.45) is 0 Å².